The predicted octanol–water partition coefficient (Wildman–Crippen LogP) is 2.30. The van der Waals surface area contributed by atoms with Crippen LogP contribution < -0.4 is 10.6 Å². The number of halogens is 1. The fraction of sp³-hybridized carbons (Fsp3) is 0.0870. The van der Waals surface area contributed by atoms with Gasteiger partial charge in [-0.25, -0.2) is 14.8 Å². The van der Waals surface area contributed by atoms with Crippen LogP contribution in [0.2, 0.25) is 5.02 Å². The van der Waals surface area contributed by atoms with E-state index >= 15 is 0 Å². The molecule has 2 aromatic rings. The van der Waals surface area contributed by atoms with Crippen LogP contribution in [0, 0.1) is 0 Å². The molecule has 1 atom stereocenters. The number of carbonyl (C=O) groups excluding carboxylic acids is 2. The van der Waals surface area contributed by atoms with Crippen LogP contribution in [0.3, 0.4) is 0 Å². The van der Waals surface area contributed by atoms with E-state index in [1.807, 2.05) is 0 Å². The predicted molar refractivity (Wildman–Crippen MR) is 127 cm³/mol. The third kappa shape index (κ3) is 5.14. The van der Waals surface area contributed by atoms with Gasteiger partial charge < -0.3 is 15.7 Å². The molecule has 35 heavy (non-hydrogen) atoms. The lowest BCUT2D eigenvalue weighted by Gasteiger charge is -2.37. The average molecular weight is 492 g/mol. The van der Waals surface area contributed by atoms with Crippen molar-refractivity contribution >= 4 is 41.4 Å². The quantitative estimate of drug-likeness (QED) is 0.557. The van der Waals surface area contributed by atoms with Crippen LogP contribution in [0.1, 0.15) is 16.9 Å². The van der Waals surface area contributed by atoms with Crippen molar-refractivity contribution in [2.75, 3.05) is 5.32 Å². The minimum Gasteiger partial charge on any atom is -0.479 e. The molecule has 0 saturated carbocycles. The van der Waals surface area contributed by atoms with Crippen molar-refractivity contribution in [3.63, 3.8) is 0 Å². The first-order valence-corrected chi connectivity index (χ1v) is 10.6. The lowest BCUT2D eigenvalue weighted by molar-refractivity contribution is -0.147. The highest BCUT2D eigenvalue weighted by molar-refractivity contribution is 6.30. The largest absolute Gasteiger partial charge is 0.479 e. The summed E-state index contributed by atoms with van der Waals surface area (Å²) in [7, 11) is 0. The number of amides is 2. The van der Waals surface area contributed by atoms with Gasteiger partial charge in [-0.2, -0.15) is 5.10 Å². The molecule has 1 aliphatic carbocycles. The maximum atomic E-state index is 13.1. The van der Waals surface area contributed by atoms with Gasteiger partial charge in [-0.1, -0.05) is 17.7 Å². The SMILES string of the molecule is O=C(Nc1ccc(Cl)cn1)C1=C(NC(=O)c2cnccn2)CC(C(=O)O)(N2C=CC=CC=N2)C=C1. The highest BCUT2D eigenvalue weighted by Crippen LogP contribution is 2.33. The van der Waals surface area contributed by atoms with Crippen molar-refractivity contribution in [1.29, 1.82) is 0 Å². The topological polar surface area (TPSA) is 150 Å². The minimum absolute atomic E-state index is 0.00788. The Morgan fingerprint density at radius 1 is 1.03 bits per heavy atom. The zero-order valence-corrected chi connectivity index (χ0v) is 18.8. The van der Waals surface area contributed by atoms with Crippen molar-refractivity contribution in [1.82, 2.24) is 25.3 Å². The van der Waals surface area contributed by atoms with E-state index in [9.17, 15) is 19.5 Å². The second kappa shape index (κ2) is 10.1. The highest BCUT2D eigenvalue weighted by atomic mass is 35.5. The molecule has 0 saturated heterocycles. The van der Waals surface area contributed by atoms with E-state index in [-0.39, 0.29) is 29.2 Å². The molecular weight excluding hydrogens is 474 g/mol. The summed E-state index contributed by atoms with van der Waals surface area (Å²) in [6.07, 6.45) is 15.7. The van der Waals surface area contributed by atoms with Crippen LogP contribution in [0.5, 0.6) is 0 Å². The summed E-state index contributed by atoms with van der Waals surface area (Å²) in [5.41, 5.74) is -1.63. The zero-order valence-electron chi connectivity index (χ0n) is 18.0. The molecule has 0 bridgehead atoms. The number of anilines is 1. The number of rotatable bonds is 6. The monoisotopic (exact) mass is 491 g/mol. The number of hydrazone groups is 1. The number of carboxylic acid groups (broad SMARTS) is 1. The van der Waals surface area contributed by atoms with E-state index in [4.69, 9.17) is 11.6 Å². The number of aromatic nitrogens is 3. The van der Waals surface area contributed by atoms with Crippen molar-refractivity contribution in [2.45, 2.75) is 12.0 Å². The third-order valence-electron chi connectivity index (χ3n) is 5.08. The van der Waals surface area contributed by atoms with Gasteiger partial charge in [-0.05, 0) is 36.4 Å². The molecule has 1 aliphatic heterocycles. The molecule has 4 rings (SSSR count). The van der Waals surface area contributed by atoms with Crippen LogP contribution in [-0.4, -0.2) is 54.6 Å². The number of hydrogen-bond acceptors (Lipinski definition) is 8. The van der Waals surface area contributed by atoms with Crippen molar-refractivity contribution in [2.24, 2.45) is 5.10 Å². The van der Waals surface area contributed by atoms with Crippen LogP contribution in [0.25, 0.3) is 0 Å². The zero-order chi connectivity index (χ0) is 24.8. The molecular formula is C23H18ClN7O4. The Hall–Kier alpha value is -4.64. The number of carbonyl (C=O) groups is 3. The second-order valence-electron chi connectivity index (χ2n) is 7.33. The van der Waals surface area contributed by atoms with Crippen molar-refractivity contribution in [3.05, 3.63) is 95.5 Å². The van der Waals surface area contributed by atoms with Gasteiger partial charge in [0.2, 0.25) is 0 Å². The fourth-order valence-corrected chi connectivity index (χ4v) is 3.46. The lowest BCUT2D eigenvalue weighted by atomic mass is 9.85. The van der Waals surface area contributed by atoms with E-state index in [1.54, 1.807) is 24.3 Å². The van der Waals surface area contributed by atoms with Gasteiger partial charge in [0.1, 0.15) is 11.5 Å². The lowest BCUT2D eigenvalue weighted by Crippen LogP contribution is -2.51. The molecule has 0 aromatic carbocycles. The summed E-state index contributed by atoms with van der Waals surface area (Å²) in [5.74, 6) is -2.28. The number of nitrogens with one attached hydrogen (secondary N) is 2. The smallest absolute Gasteiger partial charge is 0.336 e. The molecule has 0 radical (unpaired) electrons. The first-order valence-electron chi connectivity index (χ1n) is 10.2. The number of pyridine rings is 1. The Kier molecular flexibility index (Phi) is 6.78. The molecule has 2 aromatic heterocycles. The fourth-order valence-electron chi connectivity index (χ4n) is 3.35. The summed E-state index contributed by atoms with van der Waals surface area (Å²) in [6.45, 7) is 0. The third-order valence-corrected chi connectivity index (χ3v) is 5.30. The van der Waals surface area contributed by atoms with Gasteiger partial charge in [-0.15, -0.1) is 0 Å². The van der Waals surface area contributed by atoms with Gasteiger partial charge in [0.15, 0.2) is 5.54 Å². The Labute approximate surface area is 204 Å². The summed E-state index contributed by atoms with van der Waals surface area (Å²) in [6, 6.07) is 3.07. The van der Waals surface area contributed by atoms with Crippen molar-refractivity contribution in [3.8, 4) is 0 Å². The Balaban J connectivity index is 1.71. The normalized spacial score (nSPS) is 18.8. The van der Waals surface area contributed by atoms with Crippen LogP contribution in [-0.2, 0) is 9.59 Å². The molecule has 2 aliphatic rings. The number of allylic oxidation sites excluding steroid dienone is 3. The Bertz CT molecular complexity index is 1290. The number of hydrogen-bond donors (Lipinski definition) is 3. The van der Waals surface area contributed by atoms with E-state index in [2.05, 4.69) is 30.7 Å². The van der Waals surface area contributed by atoms with Gasteiger partial charge >= 0.3 is 5.97 Å². The molecule has 1 unspecified atom stereocenters. The molecule has 12 heteroatoms. The van der Waals surface area contributed by atoms with E-state index in [0.29, 0.717) is 5.02 Å². The van der Waals surface area contributed by atoms with Crippen molar-refractivity contribution < 1.29 is 19.5 Å². The Morgan fingerprint density at radius 3 is 2.60 bits per heavy atom. The first-order chi connectivity index (χ1) is 16.9. The maximum Gasteiger partial charge on any atom is 0.336 e. The Morgan fingerprint density at radius 2 is 1.89 bits per heavy atom. The molecule has 176 valence electrons. The summed E-state index contributed by atoms with van der Waals surface area (Å²) in [5, 5.41) is 21.2. The van der Waals surface area contributed by atoms with E-state index < -0.39 is 23.3 Å². The van der Waals surface area contributed by atoms with Crippen LogP contribution in [0.4, 0.5) is 5.82 Å². The number of aliphatic carboxylic acids is 1. The van der Waals surface area contributed by atoms with Crippen LogP contribution in [0.15, 0.2) is 89.9 Å². The first kappa shape index (κ1) is 23.5. The summed E-state index contributed by atoms with van der Waals surface area (Å²) in [4.78, 5) is 50.3. The molecule has 3 N–H and O–H groups in total. The summed E-state index contributed by atoms with van der Waals surface area (Å²) >= 11 is 5.85. The standard InChI is InChI=1S/C23H18ClN7O4/c24-15-4-5-19(27-13-15)30-20(32)16-6-7-23(22(34)35,31-11-3-1-2-8-28-31)12-17(16)29-21(33)18-14-25-9-10-26-18/h1-11,13-14H,12H2,(H,29,33)(H,34,35)(H,27,30,32). The molecule has 0 spiro atoms. The minimum atomic E-state index is -1.72. The van der Waals surface area contributed by atoms with E-state index in [1.165, 1.54) is 60.4 Å². The molecule has 2 amide bonds. The molecule has 0 fully saturated rings. The number of nitrogens with zero attached hydrogens (tertiary/aromatic N) is 5. The van der Waals surface area contributed by atoms with Gasteiger partial charge in [0.05, 0.1) is 16.8 Å². The van der Waals surface area contributed by atoms with E-state index in [0.717, 1.165) is 0 Å². The maximum absolute atomic E-state index is 13.1. The van der Waals surface area contributed by atoms with Crippen LogP contribution >= 0.6 is 11.6 Å². The van der Waals surface area contributed by atoms with Gasteiger partial charge in [0, 0.05) is 43.1 Å². The highest BCUT2D eigenvalue weighted by Gasteiger charge is 2.45. The van der Waals surface area contributed by atoms with Gasteiger partial charge in [-0.3, -0.25) is 19.6 Å². The average Bonchev–Trinajstić information content (AvgIpc) is 3.16. The van der Waals surface area contributed by atoms with Gasteiger partial charge in [0.25, 0.3) is 11.8 Å². The molecule has 11 nitrogen and oxygen atoms in total. The summed E-state index contributed by atoms with van der Waals surface area (Å²) < 4.78 is 0. The molecule has 3 heterocycles. The number of carboxylic acids is 1. The second-order valence-corrected chi connectivity index (χ2v) is 7.76.